The lowest BCUT2D eigenvalue weighted by Crippen LogP contribution is -2.57. The summed E-state index contributed by atoms with van der Waals surface area (Å²) in [6, 6.07) is 4.17. The van der Waals surface area contributed by atoms with Gasteiger partial charge in [-0.1, -0.05) is 12.8 Å². The lowest BCUT2D eigenvalue weighted by atomic mass is 10.2. The molecular formula is C20H34IN5O2S. The second kappa shape index (κ2) is 10.3. The van der Waals surface area contributed by atoms with Crippen LogP contribution in [-0.4, -0.2) is 68.0 Å². The number of aliphatic imine (C=N–C) groups is 1. The van der Waals surface area contributed by atoms with Crippen LogP contribution in [0.15, 0.2) is 23.3 Å². The predicted octanol–water partition coefficient (Wildman–Crippen LogP) is 2.66. The van der Waals surface area contributed by atoms with Crippen molar-refractivity contribution in [2.45, 2.75) is 50.8 Å². The fourth-order valence-corrected chi connectivity index (χ4v) is 5.25. The molecule has 0 aromatic carbocycles. The van der Waals surface area contributed by atoms with Crippen LogP contribution < -0.4 is 10.2 Å². The molecule has 3 heterocycles. The highest BCUT2D eigenvalue weighted by Crippen LogP contribution is 2.24. The molecule has 164 valence electrons. The van der Waals surface area contributed by atoms with Crippen LogP contribution in [0.25, 0.3) is 0 Å². The molecule has 2 fully saturated rings. The maximum atomic E-state index is 12.3. The maximum absolute atomic E-state index is 12.3. The number of hydrogen-bond acceptors (Lipinski definition) is 5. The maximum Gasteiger partial charge on any atom is 0.193 e. The zero-order valence-corrected chi connectivity index (χ0v) is 20.9. The average molecular weight is 535 g/mol. The monoisotopic (exact) mass is 535 g/mol. The first-order valence-electron chi connectivity index (χ1n) is 10.2. The van der Waals surface area contributed by atoms with Gasteiger partial charge < -0.3 is 15.1 Å². The van der Waals surface area contributed by atoms with Crippen molar-refractivity contribution in [1.82, 2.24) is 15.2 Å². The first-order chi connectivity index (χ1) is 13.3. The summed E-state index contributed by atoms with van der Waals surface area (Å²) in [6.45, 7) is 7.28. The molecule has 0 saturated carbocycles. The van der Waals surface area contributed by atoms with E-state index >= 15 is 0 Å². The number of aromatic nitrogens is 1. The van der Waals surface area contributed by atoms with Crippen molar-refractivity contribution >= 4 is 45.6 Å². The van der Waals surface area contributed by atoms with Crippen molar-refractivity contribution in [3.63, 3.8) is 0 Å². The van der Waals surface area contributed by atoms with Gasteiger partial charge in [0.05, 0.1) is 10.5 Å². The Kier molecular flexibility index (Phi) is 8.57. The van der Waals surface area contributed by atoms with Crippen LogP contribution in [0.3, 0.4) is 0 Å². The third-order valence-electron chi connectivity index (χ3n) is 5.75. The number of guanidine groups is 1. The highest BCUT2D eigenvalue weighted by Gasteiger charge is 2.40. The molecule has 0 radical (unpaired) electrons. The number of halogens is 1. The predicted molar refractivity (Wildman–Crippen MR) is 130 cm³/mol. The lowest BCUT2D eigenvalue weighted by Gasteiger charge is -2.39. The highest BCUT2D eigenvalue weighted by molar-refractivity contribution is 14.0. The van der Waals surface area contributed by atoms with E-state index in [9.17, 15) is 8.42 Å². The fourth-order valence-electron chi connectivity index (χ4n) is 3.88. The number of nitrogens with one attached hydrogen (secondary N) is 1. The van der Waals surface area contributed by atoms with Crippen LogP contribution in [0.4, 0.5) is 5.82 Å². The van der Waals surface area contributed by atoms with E-state index in [1.807, 2.05) is 17.2 Å². The number of rotatable bonds is 3. The number of pyridine rings is 1. The standard InChI is InChI=1S/C20H33N5O2S.HI/c1-20(2)16-25(12-13-28(20,26)27)19(21-3)23-15-17-8-9-22-18(14-17)24-10-6-4-5-7-11-24;/h8-9,14H,4-7,10-13,15-16H2,1-3H3,(H,21,23);1H. The number of sulfone groups is 1. The Bertz CT molecular complexity index is 805. The summed E-state index contributed by atoms with van der Waals surface area (Å²) in [5.41, 5.74) is 1.15. The summed E-state index contributed by atoms with van der Waals surface area (Å²) < 4.78 is 23.7. The molecule has 3 rings (SSSR count). The van der Waals surface area contributed by atoms with Crippen molar-refractivity contribution < 1.29 is 8.42 Å². The summed E-state index contributed by atoms with van der Waals surface area (Å²) in [7, 11) is -1.32. The molecule has 2 aliphatic rings. The van der Waals surface area contributed by atoms with Crippen molar-refractivity contribution in [3.05, 3.63) is 23.9 Å². The van der Waals surface area contributed by atoms with Crippen molar-refractivity contribution in [2.75, 3.05) is 43.9 Å². The van der Waals surface area contributed by atoms with Gasteiger partial charge in [-0.15, -0.1) is 24.0 Å². The average Bonchev–Trinajstić information content (AvgIpc) is 2.95. The van der Waals surface area contributed by atoms with Crippen LogP contribution in [-0.2, 0) is 16.4 Å². The second-order valence-corrected chi connectivity index (χ2v) is 11.1. The van der Waals surface area contributed by atoms with Gasteiger partial charge in [0.15, 0.2) is 15.8 Å². The first kappa shape index (κ1) is 24.2. The summed E-state index contributed by atoms with van der Waals surface area (Å²) >= 11 is 0. The Labute approximate surface area is 192 Å². The molecule has 2 aliphatic heterocycles. The number of anilines is 1. The minimum absolute atomic E-state index is 0. The largest absolute Gasteiger partial charge is 0.357 e. The highest BCUT2D eigenvalue weighted by atomic mass is 127. The van der Waals surface area contributed by atoms with Gasteiger partial charge in [0.25, 0.3) is 0 Å². The summed E-state index contributed by atoms with van der Waals surface area (Å²) in [4.78, 5) is 13.4. The van der Waals surface area contributed by atoms with Crippen LogP contribution in [0.2, 0.25) is 0 Å². The molecule has 7 nitrogen and oxygen atoms in total. The smallest absolute Gasteiger partial charge is 0.193 e. The van der Waals surface area contributed by atoms with E-state index in [0.717, 1.165) is 30.4 Å². The zero-order valence-electron chi connectivity index (χ0n) is 17.7. The fraction of sp³-hybridized carbons (Fsp3) is 0.700. The Morgan fingerprint density at radius 3 is 2.52 bits per heavy atom. The molecule has 0 amide bonds. The Hall–Kier alpha value is -1.10. The van der Waals surface area contributed by atoms with Crippen LogP contribution in [0.5, 0.6) is 0 Å². The number of nitrogens with zero attached hydrogens (tertiary/aromatic N) is 4. The molecule has 0 unspecified atom stereocenters. The van der Waals surface area contributed by atoms with Crippen molar-refractivity contribution in [1.29, 1.82) is 0 Å². The van der Waals surface area contributed by atoms with Gasteiger partial charge in [0, 0.05) is 46.0 Å². The molecule has 0 aliphatic carbocycles. The third kappa shape index (κ3) is 5.96. The van der Waals surface area contributed by atoms with E-state index in [1.54, 1.807) is 20.9 Å². The van der Waals surface area contributed by atoms with Gasteiger partial charge in [-0.25, -0.2) is 13.4 Å². The molecule has 1 aromatic rings. The van der Waals surface area contributed by atoms with E-state index in [1.165, 1.54) is 25.7 Å². The SMILES string of the molecule is CN=C(NCc1ccnc(N2CCCCCC2)c1)N1CCS(=O)(=O)C(C)(C)C1.I. The summed E-state index contributed by atoms with van der Waals surface area (Å²) in [5, 5.41) is 3.40. The zero-order chi connectivity index (χ0) is 20.2. The molecule has 0 spiro atoms. The summed E-state index contributed by atoms with van der Waals surface area (Å²) in [5.74, 6) is 1.95. The molecule has 2 saturated heterocycles. The van der Waals surface area contributed by atoms with Gasteiger partial charge in [-0.05, 0) is 44.4 Å². The minimum atomic E-state index is -3.06. The molecule has 1 aromatic heterocycles. The molecule has 0 atom stereocenters. The van der Waals surface area contributed by atoms with E-state index in [0.29, 0.717) is 19.6 Å². The van der Waals surface area contributed by atoms with Gasteiger partial charge in [0.1, 0.15) is 5.82 Å². The Balaban J connectivity index is 0.00000300. The molecule has 0 bridgehead atoms. The molecule has 9 heteroatoms. The van der Waals surface area contributed by atoms with E-state index in [2.05, 4.69) is 26.3 Å². The van der Waals surface area contributed by atoms with E-state index in [-0.39, 0.29) is 29.7 Å². The lowest BCUT2D eigenvalue weighted by molar-refractivity contribution is 0.353. The Morgan fingerprint density at radius 1 is 1.21 bits per heavy atom. The molecule has 29 heavy (non-hydrogen) atoms. The van der Waals surface area contributed by atoms with Crippen molar-refractivity contribution in [2.24, 2.45) is 4.99 Å². The van der Waals surface area contributed by atoms with Gasteiger partial charge in [-0.3, -0.25) is 4.99 Å². The van der Waals surface area contributed by atoms with Gasteiger partial charge in [0.2, 0.25) is 0 Å². The number of hydrogen-bond donors (Lipinski definition) is 1. The van der Waals surface area contributed by atoms with Crippen LogP contribution in [0, 0.1) is 0 Å². The van der Waals surface area contributed by atoms with Gasteiger partial charge in [-0.2, -0.15) is 0 Å². The summed E-state index contributed by atoms with van der Waals surface area (Å²) in [6.07, 6.45) is 6.93. The second-order valence-electron chi connectivity index (χ2n) is 8.32. The third-order valence-corrected chi connectivity index (χ3v) is 8.28. The van der Waals surface area contributed by atoms with Crippen molar-refractivity contribution in [3.8, 4) is 0 Å². The quantitative estimate of drug-likeness (QED) is 0.365. The first-order valence-corrected chi connectivity index (χ1v) is 11.9. The van der Waals surface area contributed by atoms with Gasteiger partial charge >= 0.3 is 0 Å². The minimum Gasteiger partial charge on any atom is -0.357 e. The normalized spacial score (nSPS) is 21.8. The topological polar surface area (TPSA) is 77.9 Å². The Morgan fingerprint density at radius 2 is 1.90 bits per heavy atom. The van der Waals surface area contributed by atoms with E-state index < -0.39 is 14.6 Å². The molecule has 1 N–H and O–H groups in total. The molecular weight excluding hydrogens is 501 g/mol. The van der Waals surface area contributed by atoms with E-state index in [4.69, 9.17) is 0 Å². The van der Waals surface area contributed by atoms with Crippen LogP contribution >= 0.6 is 24.0 Å². The van der Waals surface area contributed by atoms with Crippen LogP contribution in [0.1, 0.15) is 45.1 Å².